The van der Waals surface area contributed by atoms with Crippen molar-refractivity contribution in [2.24, 2.45) is 0 Å². The van der Waals surface area contributed by atoms with Gasteiger partial charge in [0.05, 0.1) is 5.69 Å². The fraction of sp³-hybridized carbons (Fsp3) is 0.214. The van der Waals surface area contributed by atoms with Crippen molar-refractivity contribution in [2.75, 3.05) is 16.8 Å². The molecule has 0 radical (unpaired) electrons. The number of nitrogens with one attached hydrogen (secondary N) is 1. The molecule has 114 valence electrons. The number of amides is 2. The van der Waals surface area contributed by atoms with Gasteiger partial charge in [-0.25, -0.2) is 4.98 Å². The van der Waals surface area contributed by atoms with E-state index < -0.39 is 6.04 Å². The van der Waals surface area contributed by atoms with Crippen LogP contribution in [-0.2, 0) is 9.59 Å². The minimum Gasteiger partial charge on any atom is -0.482 e. The third-order valence-corrected chi connectivity index (χ3v) is 4.15. The largest absolute Gasteiger partial charge is 0.482 e. The average molecular weight is 338 g/mol. The topological polar surface area (TPSA) is 71.5 Å². The highest BCUT2D eigenvalue weighted by atomic mass is 35.5. The van der Waals surface area contributed by atoms with E-state index in [0.717, 1.165) is 0 Å². The first-order valence-corrected chi connectivity index (χ1v) is 7.77. The Morgan fingerprint density at radius 2 is 2.36 bits per heavy atom. The van der Waals surface area contributed by atoms with Gasteiger partial charge in [-0.05, 0) is 25.1 Å². The molecule has 1 atom stereocenters. The van der Waals surface area contributed by atoms with Gasteiger partial charge in [-0.2, -0.15) is 0 Å². The Hall–Kier alpha value is -2.12. The van der Waals surface area contributed by atoms with Gasteiger partial charge in [-0.1, -0.05) is 11.6 Å². The average Bonchev–Trinajstić information content (AvgIpc) is 2.99. The summed E-state index contributed by atoms with van der Waals surface area (Å²) in [5, 5.41) is 5.40. The molecule has 0 saturated carbocycles. The van der Waals surface area contributed by atoms with Crippen LogP contribution in [0.2, 0.25) is 5.02 Å². The van der Waals surface area contributed by atoms with Crippen molar-refractivity contribution in [3.63, 3.8) is 0 Å². The molecule has 0 bridgehead atoms. The molecular formula is C14H12ClN3O3S. The lowest BCUT2D eigenvalue weighted by atomic mass is 10.1. The van der Waals surface area contributed by atoms with Crippen LogP contribution in [0.15, 0.2) is 29.8 Å². The number of hydrogen-bond donors (Lipinski definition) is 1. The number of aromatic nitrogens is 1. The molecule has 0 spiro atoms. The summed E-state index contributed by atoms with van der Waals surface area (Å²) >= 11 is 7.30. The Kier molecular flexibility index (Phi) is 4.00. The molecule has 0 saturated heterocycles. The number of fused-ring (bicyclic) bond motifs is 1. The zero-order valence-electron chi connectivity index (χ0n) is 11.6. The molecule has 2 amide bonds. The number of rotatable bonds is 3. The zero-order chi connectivity index (χ0) is 15.7. The van der Waals surface area contributed by atoms with E-state index in [1.165, 1.54) is 16.2 Å². The Balaban J connectivity index is 1.88. The molecule has 1 aromatic carbocycles. The highest BCUT2D eigenvalue weighted by molar-refractivity contribution is 7.13. The number of anilines is 2. The van der Waals surface area contributed by atoms with E-state index in [-0.39, 0.29) is 18.4 Å². The van der Waals surface area contributed by atoms with E-state index in [1.807, 2.05) is 0 Å². The van der Waals surface area contributed by atoms with Crippen LogP contribution in [0.4, 0.5) is 10.8 Å². The van der Waals surface area contributed by atoms with Crippen LogP contribution in [0.5, 0.6) is 5.75 Å². The lowest BCUT2D eigenvalue weighted by Crippen LogP contribution is -2.49. The van der Waals surface area contributed by atoms with Crippen molar-refractivity contribution in [1.29, 1.82) is 0 Å². The van der Waals surface area contributed by atoms with Crippen molar-refractivity contribution in [3.05, 3.63) is 34.8 Å². The first kappa shape index (κ1) is 14.8. The molecule has 0 fully saturated rings. The number of carbonyl (C=O) groups is 2. The lowest BCUT2D eigenvalue weighted by Gasteiger charge is -2.33. The normalized spacial score (nSPS) is 15.0. The van der Waals surface area contributed by atoms with Gasteiger partial charge in [0.1, 0.15) is 11.8 Å². The van der Waals surface area contributed by atoms with E-state index in [2.05, 4.69) is 10.3 Å². The molecule has 1 aliphatic rings. The number of ether oxygens (including phenoxy) is 1. The fourth-order valence-corrected chi connectivity index (χ4v) is 2.88. The van der Waals surface area contributed by atoms with Crippen LogP contribution in [0, 0.1) is 0 Å². The molecule has 1 N–H and O–H groups in total. The standard InChI is InChI=1S/C14H12ClN3O3S/c1-8(13(20)17-14-16-4-5-22-14)18-10-6-9(15)2-3-11(10)21-7-12(18)19/h2-6,8H,7H2,1H3,(H,16,17,20)/t8-/m1/s1. The molecule has 6 nitrogen and oxygen atoms in total. The molecule has 2 heterocycles. The summed E-state index contributed by atoms with van der Waals surface area (Å²) in [6.45, 7) is 1.54. The summed E-state index contributed by atoms with van der Waals surface area (Å²) < 4.78 is 5.36. The predicted octanol–water partition coefficient (Wildman–Crippen LogP) is 2.55. The highest BCUT2D eigenvalue weighted by Crippen LogP contribution is 2.35. The molecule has 0 unspecified atom stereocenters. The number of thiazole rings is 1. The van der Waals surface area contributed by atoms with Gasteiger partial charge in [-0.15, -0.1) is 11.3 Å². The summed E-state index contributed by atoms with van der Waals surface area (Å²) in [4.78, 5) is 29.9. The summed E-state index contributed by atoms with van der Waals surface area (Å²) in [7, 11) is 0. The second-order valence-corrected chi connectivity index (χ2v) is 6.00. The van der Waals surface area contributed by atoms with Gasteiger partial charge in [0, 0.05) is 16.6 Å². The highest BCUT2D eigenvalue weighted by Gasteiger charge is 2.33. The van der Waals surface area contributed by atoms with Gasteiger partial charge >= 0.3 is 0 Å². The van der Waals surface area contributed by atoms with Gasteiger partial charge in [0.25, 0.3) is 5.91 Å². The Morgan fingerprint density at radius 1 is 1.55 bits per heavy atom. The molecule has 1 aromatic heterocycles. The van der Waals surface area contributed by atoms with E-state index in [1.54, 1.807) is 36.7 Å². The third-order valence-electron chi connectivity index (χ3n) is 3.23. The number of halogens is 1. The minimum atomic E-state index is -0.711. The Morgan fingerprint density at radius 3 is 3.09 bits per heavy atom. The van der Waals surface area contributed by atoms with Crippen molar-refractivity contribution in [1.82, 2.24) is 4.98 Å². The summed E-state index contributed by atoms with van der Waals surface area (Å²) in [5.74, 6) is -0.0921. The molecule has 1 aliphatic heterocycles. The molecular weight excluding hydrogens is 326 g/mol. The van der Waals surface area contributed by atoms with Gasteiger partial charge in [-0.3, -0.25) is 14.5 Å². The van der Waals surface area contributed by atoms with Crippen LogP contribution in [-0.4, -0.2) is 29.4 Å². The monoisotopic (exact) mass is 337 g/mol. The van der Waals surface area contributed by atoms with E-state index in [4.69, 9.17) is 16.3 Å². The summed E-state index contributed by atoms with van der Waals surface area (Å²) in [6, 6.07) is 4.26. The van der Waals surface area contributed by atoms with Crippen LogP contribution in [0.25, 0.3) is 0 Å². The van der Waals surface area contributed by atoms with Crippen LogP contribution < -0.4 is 15.0 Å². The number of carbonyl (C=O) groups excluding carboxylic acids is 2. The van der Waals surface area contributed by atoms with E-state index in [0.29, 0.717) is 21.6 Å². The van der Waals surface area contributed by atoms with Crippen LogP contribution >= 0.6 is 22.9 Å². The number of benzene rings is 1. The number of hydrogen-bond acceptors (Lipinski definition) is 5. The smallest absolute Gasteiger partial charge is 0.265 e. The van der Waals surface area contributed by atoms with Gasteiger partial charge < -0.3 is 10.1 Å². The van der Waals surface area contributed by atoms with Crippen molar-refractivity contribution < 1.29 is 14.3 Å². The van der Waals surface area contributed by atoms with Gasteiger partial charge in [0.15, 0.2) is 11.7 Å². The maximum atomic E-state index is 12.3. The zero-order valence-corrected chi connectivity index (χ0v) is 13.1. The van der Waals surface area contributed by atoms with Crippen molar-refractivity contribution in [3.8, 4) is 5.75 Å². The molecule has 3 rings (SSSR count). The summed E-state index contributed by atoms with van der Waals surface area (Å²) in [6.07, 6.45) is 1.60. The van der Waals surface area contributed by atoms with Gasteiger partial charge in [0.2, 0.25) is 5.91 Å². The first-order chi connectivity index (χ1) is 10.6. The molecule has 2 aromatic rings. The van der Waals surface area contributed by atoms with E-state index >= 15 is 0 Å². The maximum absolute atomic E-state index is 12.3. The Bertz CT molecular complexity index is 720. The minimum absolute atomic E-state index is 0.108. The third kappa shape index (κ3) is 2.77. The first-order valence-electron chi connectivity index (χ1n) is 6.51. The van der Waals surface area contributed by atoms with Crippen molar-refractivity contribution in [2.45, 2.75) is 13.0 Å². The second kappa shape index (κ2) is 5.94. The maximum Gasteiger partial charge on any atom is 0.265 e. The predicted molar refractivity (Wildman–Crippen MR) is 84.6 cm³/mol. The number of nitrogens with zero attached hydrogens (tertiary/aromatic N) is 2. The fourth-order valence-electron chi connectivity index (χ4n) is 2.18. The molecule has 22 heavy (non-hydrogen) atoms. The Labute approximate surface area is 135 Å². The quantitative estimate of drug-likeness (QED) is 0.934. The molecule has 8 heteroatoms. The second-order valence-electron chi connectivity index (χ2n) is 4.67. The summed E-state index contributed by atoms with van der Waals surface area (Å²) in [5.41, 5.74) is 0.491. The van der Waals surface area contributed by atoms with Crippen LogP contribution in [0.1, 0.15) is 6.92 Å². The molecule has 0 aliphatic carbocycles. The van der Waals surface area contributed by atoms with Crippen LogP contribution in [0.3, 0.4) is 0 Å². The SMILES string of the molecule is C[C@H](C(=O)Nc1nccs1)N1C(=O)COc2ccc(Cl)cc21. The lowest BCUT2D eigenvalue weighted by molar-refractivity contribution is -0.125. The van der Waals surface area contributed by atoms with Crippen molar-refractivity contribution >= 4 is 45.6 Å². The van der Waals surface area contributed by atoms with E-state index in [9.17, 15) is 9.59 Å².